The summed E-state index contributed by atoms with van der Waals surface area (Å²) in [7, 11) is 0. The van der Waals surface area contributed by atoms with Crippen molar-refractivity contribution in [3.63, 3.8) is 0 Å². The Balaban J connectivity index is 0.00000308. The minimum atomic E-state index is 0. The van der Waals surface area contributed by atoms with Crippen molar-refractivity contribution in [1.82, 2.24) is 14.5 Å². The summed E-state index contributed by atoms with van der Waals surface area (Å²) in [5, 5.41) is 2.40. The van der Waals surface area contributed by atoms with E-state index in [2.05, 4.69) is 79.7 Å². The molecular weight excluding hydrogens is 661 g/mol. The average Bonchev–Trinajstić information content (AvgIpc) is 3.26. The Morgan fingerprint density at radius 2 is 1.54 bits per heavy atom. The van der Waals surface area contributed by atoms with Crippen molar-refractivity contribution in [2.45, 2.75) is 39.5 Å². The number of ether oxygens (including phenoxy) is 1. The molecule has 0 N–H and O–H groups in total. The SMILES string of the molecule is CC(C)c1ccc2c(c1)c1cc(C(C)C)c(-c3[c-]c(Oc4ccccn4)ccc3)[c-]c1n2-c1ccccn1.[Pt+2]. The van der Waals surface area contributed by atoms with Crippen LogP contribution in [0.15, 0.2) is 91.3 Å². The Labute approximate surface area is 244 Å². The first kappa shape index (κ1) is 26.8. The second-order valence-electron chi connectivity index (χ2n) is 10.2. The van der Waals surface area contributed by atoms with Crippen LogP contribution in [0.2, 0.25) is 0 Å². The molecule has 0 radical (unpaired) electrons. The summed E-state index contributed by atoms with van der Waals surface area (Å²) in [6, 6.07) is 34.0. The normalized spacial score (nSPS) is 11.3. The topological polar surface area (TPSA) is 39.9 Å². The summed E-state index contributed by atoms with van der Waals surface area (Å²) in [4.78, 5) is 9.00. The van der Waals surface area contributed by atoms with E-state index in [-0.39, 0.29) is 21.1 Å². The summed E-state index contributed by atoms with van der Waals surface area (Å²) in [6.45, 7) is 8.92. The van der Waals surface area contributed by atoms with Crippen molar-refractivity contribution < 1.29 is 25.8 Å². The monoisotopic (exact) mass is 690 g/mol. The first-order valence-corrected chi connectivity index (χ1v) is 13.1. The van der Waals surface area contributed by atoms with Gasteiger partial charge in [-0.1, -0.05) is 63.3 Å². The molecule has 3 aromatic heterocycles. The molecule has 0 saturated heterocycles. The van der Waals surface area contributed by atoms with E-state index >= 15 is 0 Å². The number of hydrogen-bond acceptors (Lipinski definition) is 3. The predicted octanol–water partition coefficient (Wildman–Crippen LogP) is 8.88. The Kier molecular flexibility index (Phi) is 7.68. The number of benzene rings is 3. The summed E-state index contributed by atoms with van der Waals surface area (Å²) >= 11 is 0. The van der Waals surface area contributed by atoms with Crippen molar-refractivity contribution in [3.8, 4) is 28.6 Å². The summed E-state index contributed by atoms with van der Waals surface area (Å²) in [6.07, 6.45) is 3.56. The summed E-state index contributed by atoms with van der Waals surface area (Å²) in [5.41, 5.74) is 6.62. The molecule has 196 valence electrons. The van der Waals surface area contributed by atoms with Crippen molar-refractivity contribution >= 4 is 21.8 Å². The Morgan fingerprint density at radius 3 is 2.23 bits per heavy atom. The average molecular weight is 691 g/mol. The molecule has 0 aliphatic carbocycles. The van der Waals surface area contributed by atoms with Gasteiger partial charge in [-0.05, 0) is 46.6 Å². The fourth-order valence-electron chi connectivity index (χ4n) is 4.95. The van der Waals surface area contributed by atoms with E-state index in [4.69, 9.17) is 9.72 Å². The van der Waals surface area contributed by atoms with Gasteiger partial charge in [0.15, 0.2) is 0 Å². The molecule has 4 nitrogen and oxygen atoms in total. The Hall–Kier alpha value is -3.75. The fraction of sp³-hybridized carbons (Fsp3) is 0.176. The third-order valence-corrected chi connectivity index (χ3v) is 6.92. The van der Waals surface area contributed by atoms with Gasteiger partial charge in [0, 0.05) is 29.7 Å². The number of hydrogen-bond donors (Lipinski definition) is 0. The van der Waals surface area contributed by atoms with E-state index in [1.165, 1.54) is 21.9 Å². The van der Waals surface area contributed by atoms with E-state index in [9.17, 15) is 0 Å². The zero-order valence-electron chi connectivity index (χ0n) is 22.4. The molecule has 0 bridgehead atoms. The van der Waals surface area contributed by atoms with Gasteiger partial charge >= 0.3 is 21.1 Å². The fourth-order valence-corrected chi connectivity index (χ4v) is 4.95. The molecule has 0 saturated carbocycles. The zero-order valence-corrected chi connectivity index (χ0v) is 24.7. The van der Waals surface area contributed by atoms with Crippen LogP contribution in [-0.2, 0) is 21.1 Å². The van der Waals surface area contributed by atoms with Crippen molar-refractivity contribution in [1.29, 1.82) is 0 Å². The van der Waals surface area contributed by atoms with Crippen LogP contribution in [0.3, 0.4) is 0 Å². The second-order valence-corrected chi connectivity index (χ2v) is 10.2. The molecule has 0 atom stereocenters. The Morgan fingerprint density at radius 1 is 0.744 bits per heavy atom. The van der Waals surface area contributed by atoms with E-state index in [0.717, 1.165) is 28.0 Å². The van der Waals surface area contributed by atoms with Crippen molar-refractivity contribution in [2.75, 3.05) is 0 Å². The van der Waals surface area contributed by atoms with Gasteiger partial charge in [0.05, 0.1) is 0 Å². The van der Waals surface area contributed by atoms with Gasteiger partial charge in [0.1, 0.15) is 5.82 Å². The maximum absolute atomic E-state index is 6.01. The van der Waals surface area contributed by atoms with Gasteiger partial charge < -0.3 is 9.30 Å². The number of fused-ring (bicyclic) bond motifs is 3. The molecule has 3 heterocycles. The molecule has 0 unspecified atom stereocenters. The van der Waals surface area contributed by atoms with Crippen LogP contribution in [0.5, 0.6) is 11.6 Å². The number of pyridine rings is 2. The number of aromatic nitrogens is 3. The largest absolute Gasteiger partial charge is 2.00 e. The van der Waals surface area contributed by atoms with Gasteiger partial charge in [0.2, 0.25) is 5.88 Å². The Bertz CT molecular complexity index is 1740. The van der Waals surface area contributed by atoms with E-state index in [0.29, 0.717) is 23.5 Å². The first-order valence-electron chi connectivity index (χ1n) is 13.1. The first-order chi connectivity index (χ1) is 18.5. The van der Waals surface area contributed by atoms with Gasteiger partial charge in [0.25, 0.3) is 0 Å². The van der Waals surface area contributed by atoms with Gasteiger partial charge in [-0.15, -0.1) is 18.2 Å². The zero-order chi connectivity index (χ0) is 26.2. The molecule has 0 amide bonds. The van der Waals surface area contributed by atoms with Gasteiger partial charge in [-0.3, -0.25) is 0 Å². The minimum Gasteiger partial charge on any atom is -0.460 e. The van der Waals surface area contributed by atoms with Gasteiger partial charge in [-0.25, -0.2) is 21.1 Å². The second kappa shape index (κ2) is 11.2. The van der Waals surface area contributed by atoms with Crippen molar-refractivity contribution in [2.24, 2.45) is 0 Å². The third-order valence-electron chi connectivity index (χ3n) is 6.92. The molecule has 5 heteroatoms. The molecule has 6 rings (SSSR count). The number of rotatable bonds is 6. The van der Waals surface area contributed by atoms with Crippen LogP contribution >= 0.6 is 0 Å². The molecule has 39 heavy (non-hydrogen) atoms. The van der Waals surface area contributed by atoms with Crippen LogP contribution in [0.4, 0.5) is 0 Å². The summed E-state index contributed by atoms with van der Waals surface area (Å²) in [5.74, 6) is 2.77. The molecule has 0 aliphatic heterocycles. The summed E-state index contributed by atoms with van der Waals surface area (Å²) < 4.78 is 8.23. The van der Waals surface area contributed by atoms with Crippen LogP contribution in [0.1, 0.15) is 50.7 Å². The standard InChI is InChI=1S/C34H29N3O.Pt/c1-22(2)24-14-15-31-29(19-24)30-20-27(23(3)4)28(21-32(30)37(31)33-12-5-7-16-35-33)25-10-9-11-26(18-25)38-34-13-6-8-17-36-34;/h5-17,19-20,22-23H,1-4H3;/q-2;+2. The molecule has 0 spiro atoms. The minimum absolute atomic E-state index is 0. The van der Waals surface area contributed by atoms with E-state index < -0.39 is 0 Å². The van der Waals surface area contributed by atoms with E-state index in [1.807, 2.05) is 54.7 Å². The molecule has 0 aliphatic rings. The number of nitrogens with zero attached hydrogens (tertiary/aromatic N) is 3. The molecule has 6 aromatic rings. The smallest absolute Gasteiger partial charge is 0.460 e. The molecular formula is C34H29N3OPt. The van der Waals surface area contributed by atoms with Crippen molar-refractivity contribution in [3.05, 3.63) is 115 Å². The predicted molar refractivity (Wildman–Crippen MR) is 154 cm³/mol. The quantitative estimate of drug-likeness (QED) is 0.164. The van der Waals surface area contributed by atoms with E-state index in [1.54, 1.807) is 6.20 Å². The third kappa shape index (κ3) is 5.14. The maximum Gasteiger partial charge on any atom is 2.00 e. The molecule has 3 aromatic carbocycles. The molecule has 0 fully saturated rings. The maximum atomic E-state index is 6.01. The van der Waals surface area contributed by atoms with Crippen LogP contribution in [0, 0.1) is 12.1 Å². The van der Waals surface area contributed by atoms with Crippen LogP contribution in [-0.4, -0.2) is 14.5 Å². The van der Waals surface area contributed by atoms with Crippen LogP contribution < -0.4 is 4.74 Å². The van der Waals surface area contributed by atoms with Gasteiger partial charge in [-0.2, -0.15) is 23.8 Å². The van der Waals surface area contributed by atoms with Crippen LogP contribution in [0.25, 0.3) is 38.8 Å².